The van der Waals surface area contributed by atoms with Crippen molar-refractivity contribution in [1.82, 2.24) is 10.2 Å². The van der Waals surface area contributed by atoms with Crippen LogP contribution < -0.4 is 5.32 Å². The van der Waals surface area contributed by atoms with Gasteiger partial charge < -0.3 is 10.2 Å². The van der Waals surface area contributed by atoms with E-state index in [1.165, 1.54) is 25.8 Å². The SMILES string of the molecule is Cc1ccc(C(=O)CCC(=O)NCCCN2CCCCC2C)cc1. The first-order valence-electron chi connectivity index (χ1n) is 9.17. The van der Waals surface area contributed by atoms with Crippen molar-refractivity contribution >= 4 is 11.7 Å². The molecule has 0 radical (unpaired) electrons. The molecule has 1 aliphatic rings. The maximum Gasteiger partial charge on any atom is 0.220 e. The number of amides is 1. The van der Waals surface area contributed by atoms with Crippen LogP contribution in [0.2, 0.25) is 0 Å². The van der Waals surface area contributed by atoms with E-state index in [-0.39, 0.29) is 24.5 Å². The van der Waals surface area contributed by atoms with Gasteiger partial charge in [-0.2, -0.15) is 0 Å². The maximum absolute atomic E-state index is 12.0. The van der Waals surface area contributed by atoms with Crippen molar-refractivity contribution in [1.29, 1.82) is 0 Å². The molecule has 1 amide bonds. The Hall–Kier alpha value is -1.68. The van der Waals surface area contributed by atoms with Crippen LogP contribution in [0.5, 0.6) is 0 Å². The summed E-state index contributed by atoms with van der Waals surface area (Å²) in [5.74, 6) is 0.00875. The molecule has 132 valence electrons. The zero-order chi connectivity index (χ0) is 17.4. The molecule has 1 unspecified atom stereocenters. The Morgan fingerprint density at radius 3 is 2.62 bits per heavy atom. The molecule has 1 aliphatic heterocycles. The zero-order valence-electron chi connectivity index (χ0n) is 15.0. The molecule has 1 heterocycles. The van der Waals surface area contributed by atoms with E-state index in [4.69, 9.17) is 0 Å². The fourth-order valence-corrected chi connectivity index (χ4v) is 3.20. The number of hydrogen-bond acceptors (Lipinski definition) is 3. The van der Waals surface area contributed by atoms with E-state index in [0.29, 0.717) is 18.2 Å². The molecule has 1 aromatic rings. The van der Waals surface area contributed by atoms with Gasteiger partial charge in [0.25, 0.3) is 0 Å². The second-order valence-electron chi connectivity index (χ2n) is 6.87. The van der Waals surface area contributed by atoms with Crippen molar-refractivity contribution < 1.29 is 9.59 Å². The Morgan fingerprint density at radius 1 is 1.17 bits per heavy atom. The molecule has 1 N–H and O–H groups in total. The topological polar surface area (TPSA) is 49.4 Å². The number of Topliss-reactive ketones (excluding diaryl/α,β-unsaturated/α-hetero) is 1. The van der Waals surface area contributed by atoms with Crippen LogP contribution in [0.3, 0.4) is 0 Å². The van der Waals surface area contributed by atoms with Gasteiger partial charge in [-0.05, 0) is 39.7 Å². The average Bonchev–Trinajstić information content (AvgIpc) is 2.58. The highest BCUT2D eigenvalue weighted by molar-refractivity contribution is 5.97. The summed E-state index contributed by atoms with van der Waals surface area (Å²) < 4.78 is 0. The summed E-state index contributed by atoms with van der Waals surface area (Å²) >= 11 is 0. The van der Waals surface area contributed by atoms with Crippen LogP contribution in [0.25, 0.3) is 0 Å². The van der Waals surface area contributed by atoms with E-state index in [1.54, 1.807) is 0 Å². The quantitative estimate of drug-likeness (QED) is 0.587. The van der Waals surface area contributed by atoms with Crippen molar-refractivity contribution in [2.75, 3.05) is 19.6 Å². The minimum absolute atomic E-state index is 0.0258. The van der Waals surface area contributed by atoms with Crippen LogP contribution in [0.4, 0.5) is 0 Å². The number of aryl methyl sites for hydroxylation is 1. The van der Waals surface area contributed by atoms with Gasteiger partial charge in [0.2, 0.25) is 5.91 Å². The van der Waals surface area contributed by atoms with Gasteiger partial charge in [0, 0.05) is 37.5 Å². The van der Waals surface area contributed by atoms with E-state index in [0.717, 1.165) is 18.5 Å². The fourth-order valence-electron chi connectivity index (χ4n) is 3.20. The average molecular weight is 330 g/mol. The van der Waals surface area contributed by atoms with E-state index < -0.39 is 0 Å². The van der Waals surface area contributed by atoms with Gasteiger partial charge in [-0.15, -0.1) is 0 Å². The molecule has 1 saturated heterocycles. The molecule has 0 aliphatic carbocycles. The molecule has 1 atom stereocenters. The molecule has 0 aromatic heterocycles. The Kier molecular flexibility index (Phi) is 7.44. The minimum atomic E-state index is -0.0258. The van der Waals surface area contributed by atoms with Crippen molar-refractivity contribution in [3.05, 3.63) is 35.4 Å². The highest BCUT2D eigenvalue weighted by atomic mass is 16.2. The van der Waals surface area contributed by atoms with Gasteiger partial charge in [0.15, 0.2) is 5.78 Å². The smallest absolute Gasteiger partial charge is 0.220 e. The van der Waals surface area contributed by atoms with Crippen molar-refractivity contribution in [2.24, 2.45) is 0 Å². The third kappa shape index (κ3) is 6.08. The Balaban J connectivity index is 1.59. The first-order chi connectivity index (χ1) is 11.6. The lowest BCUT2D eigenvalue weighted by atomic mass is 10.0. The van der Waals surface area contributed by atoms with Crippen LogP contribution in [-0.2, 0) is 4.79 Å². The van der Waals surface area contributed by atoms with Crippen molar-refractivity contribution in [2.45, 2.75) is 58.4 Å². The van der Waals surface area contributed by atoms with Crippen molar-refractivity contribution in [3.63, 3.8) is 0 Å². The monoisotopic (exact) mass is 330 g/mol. The van der Waals surface area contributed by atoms with Crippen molar-refractivity contribution in [3.8, 4) is 0 Å². The number of piperidine rings is 1. The lowest BCUT2D eigenvalue weighted by molar-refractivity contribution is -0.121. The number of nitrogens with one attached hydrogen (secondary N) is 1. The zero-order valence-corrected chi connectivity index (χ0v) is 15.0. The van der Waals surface area contributed by atoms with Gasteiger partial charge in [-0.25, -0.2) is 0 Å². The molecule has 0 saturated carbocycles. The highest BCUT2D eigenvalue weighted by Crippen LogP contribution is 2.16. The summed E-state index contributed by atoms with van der Waals surface area (Å²) in [6, 6.07) is 8.18. The second kappa shape index (κ2) is 9.58. The van der Waals surface area contributed by atoms with E-state index in [9.17, 15) is 9.59 Å². The molecule has 2 rings (SSSR count). The number of carbonyl (C=O) groups is 2. The number of rotatable bonds is 8. The number of ketones is 1. The molecule has 1 fully saturated rings. The molecule has 4 nitrogen and oxygen atoms in total. The Bertz CT molecular complexity index is 539. The largest absolute Gasteiger partial charge is 0.356 e. The number of hydrogen-bond donors (Lipinski definition) is 1. The van der Waals surface area contributed by atoms with Gasteiger partial charge in [-0.1, -0.05) is 36.2 Å². The predicted octanol–water partition coefficient (Wildman–Crippen LogP) is 3.34. The normalized spacial score (nSPS) is 18.3. The number of carbonyl (C=O) groups excluding carboxylic acids is 2. The summed E-state index contributed by atoms with van der Waals surface area (Å²) in [7, 11) is 0. The summed E-state index contributed by atoms with van der Waals surface area (Å²) in [6.45, 7) is 7.20. The third-order valence-electron chi connectivity index (χ3n) is 4.84. The predicted molar refractivity (Wildman–Crippen MR) is 97.3 cm³/mol. The maximum atomic E-state index is 12.0. The number of likely N-dealkylation sites (tertiary alicyclic amines) is 1. The third-order valence-corrected chi connectivity index (χ3v) is 4.84. The van der Waals surface area contributed by atoms with E-state index >= 15 is 0 Å². The van der Waals surface area contributed by atoms with Gasteiger partial charge in [0.1, 0.15) is 0 Å². The summed E-state index contributed by atoms with van der Waals surface area (Å²) in [4.78, 5) is 26.4. The summed E-state index contributed by atoms with van der Waals surface area (Å²) in [5.41, 5.74) is 1.82. The van der Waals surface area contributed by atoms with Gasteiger partial charge in [-0.3, -0.25) is 9.59 Å². The standard InChI is InChI=1S/C20H30N2O2/c1-16-7-9-18(10-8-16)19(23)11-12-20(24)21-13-5-15-22-14-4-3-6-17(22)2/h7-10,17H,3-6,11-15H2,1-2H3,(H,21,24). The first-order valence-corrected chi connectivity index (χ1v) is 9.17. The number of benzene rings is 1. The molecule has 1 aromatic carbocycles. The summed E-state index contributed by atoms with van der Waals surface area (Å²) in [5, 5.41) is 2.94. The fraction of sp³-hybridized carbons (Fsp3) is 0.600. The molecular formula is C20H30N2O2. The Morgan fingerprint density at radius 2 is 1.92 bits per heavy atom. The first kappa shape index (κ1) is 18.7. The summed E-state index contributed by atoms with van der Waals surface area (Å²) in [6.07, 6.45) is 5.43. The van der Waals surface area contributed by atoms with Crippen LogP contribution >= 0.6 is 0 Å². The lowest BCUT2D eigenvalue weighted by Gasteiger charge is -2.33. The molecule has 4 heteroatoms. The molecular weight excluding hydrogens is 300 g/mol. The van der Waals surface area contributed by atoms with E-state index in [2.05, 4.69) is 17.1 Å². The van der Waals surface area contributed by atoms with Crippen LogP contribution in [0.1, 0.15) is 61.4 Å². The molecule has 0 bridgehead atoms. The number of nitrogens with zero attached hydrogens (tertiary/aromatic N) is 1. The molecule has 0 spiro atoms. The van der Waals surface area contributed by atoms with Crippen LogP contribution in [0, 0.1) is 6.92 Å². The molecule has 24 heavy (non-hydrogen) atoms. The second-order valence-corrected chi connectivity index (χ2v) is 6.87. The van der Waals surface area contributed by atoms with Crippen LogP contribution in [-0.4, -0.2) is 42.3 Å². The van der Waals surface area contributed by atoms with Gasteiger partial charge in [0.05, 0.1) is 0 Å². The highest BCUT2D eigenvalue weighted by Gasteiger charge is 2.17. The van der Waals surface area contributed by atoms with Crippen LogP contribution in [0.15, 0.2) is 24.3 Å². The Labute approximate surface area is 145 Å². The lowest BCUT2D eigenvalue weighted by Crippen LogP contribution is -2.39. The van der Waals surface area contributed by atoms with Gasteiger partial charge >= 0.3 is 0 Å². The van der Waals surface area contributed by atoms with E-state index in [1.807, 2.05) is 31.2 Å². The minimum Gasteiger partial charge on any atom is -0.356 e.